The smallest absolute Gasteiger partial charge is 0.293 e. The molecule has 1 fully saturated rings. The summed E-state index contributed by atoms with van der Waals surface area (Å²) in [6, 6.07) is 0. The Hall–Kier alpha value is -0.840. The number of hydrogen-bond acceptors (Lipinski definition) is 5. The van der Waals surface area contributed by atoms with E-state index in [1.165, 1.54) is 32.6 Å². The van der Waals surface area contributed by atoms with Crippen molar-refractivity contribution in [3.8, 4) is 0 Å². The lowest BCUT2D eigenvalue weighted by atomic mass is 10.4. The fourth-order valence-corrected chi connectivity index (χ4v) is 2.87. The summed E-state index contributed by atoms with van der Waals surface area (Å²) in [7, 11) is 0. The molecule has 1 aromatic rings. The highest BCUT2D eigenvalue weighted by Crippen LogP contribution is 2.30. The van der Waals surface area contributed by atoms with Gasteiger partial charge in [0.15, 0.2) is 5.82 Å². The molecule has 0 amide bonds. The normalized spacial score (nSPS) is 17.1. The molecule has 82 valence electrons. The van der Waals surface area contributed by atoms with E-state index in [9.17, 15) is 4.79 Å². The molecule has 0 unspecified atom stereocenters. The highest BCUT2D eigenvalue weighted by molar-refractivity contribution is 7.99. The maximum atomic E-state index is 10.9. The number of aromatic nitrogens is 2. The summed E-state index contributed by atoms with van der Waals surface area (Å²) in [6.07, 6.45) is 5.26. The van der Waals surface area contributed by atoms with Gasteiger partial charge in [0.05, 0.1) is 5.75 Å². The molecule has 1 saturated carbocycles. The zero-order valence-corrected chi connectivity index (χ0v) is 9.55. The van der Waals surface area contributed by atoms with Crippen molar-refractivity contribution in [2.45, 2.75) is 43.6 Å². The van der Waals surface area contributed by atoms with E-state index in [0.29, 0.717) is 5.82 Å². The molecule has 0 N–H and O–H groups in total. The van der Waals surface area contributed by atoms with E-state index in [2.05, 4.69) is 10.1 Å². The van der Waals surface area contributed by atoms with Gasteiger partial charge in [-0.25, -0.2) is 0 Å². The number of rotatable bonds is 4. The second-order valence-electron chi connectivity index (χ2n) is 3.79. The van der Waals surface area contributed by atoms with Gasteiger partial charge >= 0.3 is 0 Å². The maximum Gasteiger partial charge on any atom is 0.293 e. The molecule has 5 heteroatoms. The molecule has 0 atom stereocenters. The minimum atomic E-state index is -0.167. The number of Topliss-reactive ketones (excluding diaryl/α,β-unsaturated/α-hetero) is 1. The van der Waals surface area contributed by atoms with Crippen molar-refractivity contribution >= 4 is 17.5 Å². The van der Waals surface area contributed by atoms with Gasteiger partial charge in [0.25, 0.3) is 5.89 Å². The van der Waals surface area contributed by atoms with Gasteiger partial charge in [0.2, 0.25) is 5.78 Å². The van der Waals surface area contributed by atoms with Crippen LogP contribution in [0.4, 0.5) is 0 Å². The summed E-state index contributed by atoms with van der Waals surface area (Å²) in [5, 5.41) is 4.51. The number of thioether (sulfide) groups is 1. The summed E-state index contributed by atoms with van der Waals surface area (Å²) >= 11 is 1.87. The van der Waals surface area contributed by atoms with Crippen LogP contribution < -0.4 is 0 Å². The summed E-state index contributed by atoms with van der Waals surface area (Å²) in [5.74, 6) is 1.34. The Labute approximate surface area is 92.8 Å². The molecular weight excluding hydrogens is 212 g/mol. The first-order valence-corrected chi connectivity index (χ1v) is 6.25. The van der Waals surface area contributed by atoms with Crippen LogP contribution in [-0.2, 0) is 5.75 Å². The van der Waals surface area contributed by atoms with Crippen LogP contribution in [0.3, 0.4) is 0 Å². The van der Waals surface area contributed by atoms with Gasteiger partial charge < -0.3 is 4.52 Å². The van der Waals surface area contributed by atoms with Crippen LogP contribution in [0, 0.1) is 0 Å². The van der Waals surface area contributed by atoms with Gasteiger partial charge in [0.1, 0.15) is 0 Å². The van der Waals surface area contributed by atoms with Crippen LogP contribution in [0.25, 0.3) is 0 Å². The van der Waals surface area contributed by atoms with Gasteiger partial charge in [-0.15, -0.1) is 0 Å². The highest BCUT2D eigenvalue weighted by Gasteiger charge is 2.17. The second kappa shape index (κ2) is 4.79. The van der Waals surface area contributed by atoms with Gasteiger partial charge in [-0.2, -0.15) is 16.7 Å². The van der Waals surface area contributed by atoms with Gasteiger partial charge in [-0.05, 0) is 12.8 Å². The molecule has 1 aliphatic carbocycles. The predicted octanol–water partition coefficient (Wildman–Crippen LogP) is 2.45. The van der Waals surface area contributed by atoms with E-state index in [-0.39, 0.29) is 11.7 Å². The number of carbonyl (C=O) groups is 1. The zero-order chi connectivity index (χ0) is 10.7. The molecule has 0 saturated heterocycles. The summed E-state index contributed by atoms with van der Waals surface area (Å²) in [4.78, 5) is 14.9. The minimum absolute atomic E-state index is 0.122. The van der Waals surface area contributed by atoms with Crippen molar-refractivity contribution in [1.29, 1.82) is 0 Å². The molecular formula is C10H14N2O2S. The molecule has 0 spiro atoms. The molecule has 0 bridgehead atoms. The van der Waals surface area contributed by atoms with Crippen LogP contribution in [0.2, 0.25) is 0 Å². The Bertz CT molecular complexity index is 345. The topological polar surface area (TPSA) is 56.0 Å². The van der Waals surface area contributed by atoms with Crippen molar-refractivity contribution in [3.05, 3.63) is 11.7 Å². The first-order chi connectivity index (χ1) is 7.25. The summed E-state index contributed by atoms with van der Waals surface area (Å²) in [5.41, 5.74) is 0. The number of carbonyl (C=O) groups excluding carboxylic acids is 1. The van der Waals surface area contributed by atoms with Crippen molar-refractivity contribution in [1.82, 2.24) is 10.1 Å². The lowest BCUT2D eigenvalue weighted by Crippen LogP contribution is -1.96. The van der Waals surface area contributed by atoms with E-state index < -0.39 is 0 Å². The molecule has 4 nitrogen and oxygen atoms in total. The summed E-state index contributed by atoms with van der Waals surface area (Å²) in [6.45, 7) is 1.43. The number of hydrogen-bond donors (Lipinski definition) is 0. The molecule has 1 aliphatic rings. The first-order valence-electron chi connectivity index (χ1n) is 5.21. The summed E-state index contributed by atoms with van der Waals surface area (Å²) < 4.78 is 4.82. The van der Waals surface area contributed by atoms with E-state index in [4.69, 9.17) is 4.52 Å². The van der Waals surface area contributed by atoms with Crippen LogP contribution in [-0.4, -0.2) is 21.2 Å². The zero-order valence-electron chi connectivity index (χ0n) is 8.73. The van der Waals surface area contributed by atoms with Crippen LogP contribution in [0.1, 0.15) is 49.1 Å². The average molecular weight is 226 g/mol. The van der Waals surface area contributed by atoms with Crippen molar-refractivity contribution < 1.29 is 9.32 Å². The molecule has 1 aromatic heterocycles. The minimum Gasteiger partial charge on any atom is -0.331 e. The molecule has 15 heavy (non-hydrogen) atoms. The molecule has 2 rings (SSSR count). The Morgan fingerprint density at radius 1 is 1.53 bits per heavy atom. The second-order valence-corrected chi connectivity index (χ2v) is 5.08. The van der Waals surface area contributed by atoms with Crippen molar-refractivity contribution in [3.63, 3.8) is 0 Å². The Balaban J connectivity index is 1.84. The number of ketones is 1. The van der Waals surface area contributed by atoms with Crippen molar-refractivity contribution in [2.75, 3.05) is 0 Å². The monoisotopic (exact) mass is 226 g/mol. The van der Waals surface area contributed by atoms with Gasteiger partial charge in [-0.3, -0.25) is 4.79 Å². The lowest BCUT2D eigenvalue weighted by molar-refractivity contribution is 0.0972. The predicted molar refractivity (Wildman–Crippen MR) is 57.9 cm³/mol. The van der Waals surface area contributed by atoms with E-state index in [1.54, 1.807) is 0 Å². The standard InChI is InChI=1S/C10H14N2O2S/c1-7(13)10-11-9(12-14-10)6-15-8-4-2-3-5-8/h8H,2-6H2,1H3. The maximum absolute atomic E-state index is 10.9. The van der Waals surface area contributed by atoms with Crippen LogP contribution in [0.15, 0.2) is 4.52 Å². The fraction of sp³-hybridized carbons (Fsp3) is 0.700. The molecule has 1 heterocycles. The fourth-order valence-electron chi connectivity index (χ4n) is 1.70. The largest absolute Gasteiger partial charge is 0.331 e. The van der Waals surface area contributed by atoms with Gasteiger partial charge in [0, 0.05) is 12.2 Å². The van der Waals surface area contributed by atoms with Gasteiger partial charge in [-0.1, -0.05) is 18.0 Å². The Kier molecular flexibility index (Phi) is 3.41. The number of nitrogens with zero attached hydrogens (tertiary/aromatic N) is 2. The molecule has 0 aliphatic heterocycles. The highest BCUT2D eigenvalue weighted by atomic mass is 32.2. The van der Waals surface area contributed by atoms with Crippen LogP contribution >= 0.6 is 11.8 Å². The van der Waals surface area contributed by atoms with E-state index in [0.717, 1.165) is 11.0 Å². The lowest BCUT2D eigenvalue weighted by Gasteiger charge is -2.04. The molecule has 0 aromatic carbocycles. The third-order valence-electron chi connectivity index (χ3n) is 2.52. The average Bonchev–Trinajstić information content (AvgIpc) is 2.86. The van der Waals surface area contributed by atoms with E-state index >= 15 is 0 Å². The molecule has 0 radical (unpaired) electrons. The Morgan fingerprint density at radius 3 is 2.87 bits per heavy atom. The Morgan fingerprint density at radius 2 is 2.27 bits per heavy atom. The van der Waals surface area contributed by atoms with E-state index in [1.807, 2.05) is 11.8 Å². The third kappa shape index (κ3) is 2.81. The third-order valence-corrected chi connectivity index (χ3v) is 3.89. The van der Waals surface area contributed by atoms with Crippen LogP contribution in [0.5, 0.6) is 0 Å². The SMILES string of the molecule is CC(=O)c1nc(CSC2CCCC2)no1. The quantitative estimate of drug-likeness (QED) is 0.738. The van der Waals surface area contributed by atoms with Crippen molar-refractivity contribution in [2.24, 2.45) is 0 Å². The first kappa shape index (κ1) is 10.7.